The molecule has 34 heavy (non-hydrogen) atoms. The van der Waals surface area contributed by atoms with Gasteiger partial charge in [0, 0.05) is 30.1 Å². The summed E-state index contributed by atoms with van der Waals surface area (Å²) in [5, 5.41) is 8.72. The fraction of sp³-hybridized carbons (Fsp3) is 0.192. The lowest BCUT2D eigenvalue weighted by Gasteiger charge is -2.19. The SMILES string of the molecule is O=C(Cc1cccc(F)c1)NCCNC(=O)C(Cc1ccccc1)NC(=O)c1ccc(Cl)cc1. The number of benzene rings is 3. The number of halogens is 2. The standard InChI is InChI=1S/C26H25ClFN3O3/c27-21-11-9-20(10-12-21)25(33)31-23(16-18-5-2-1-3-6-18)26(34)30-14-13-29-24(32)17-19-7-4-8-22(28)15-19/h1-12,15,23H,13-14,16-17H2,(H,29,32)(H,30,34)(H,31,33). The molecule has 8 heteroatoms. The highest BCUT2D eigenvalue weighted by atomic mass is 35.5. The number of amides is 3. The average molecular weight is 482 g/mol. The maximum absolute atomic E-state index is 13.2. The van der Waals surface area contributed by atoms with Crippen molar-refractivity contribution in [3.63, 3.8) is 0 Å². The van der Waals surface area contributed by atoms with Gasteiger partial charge in [0.25, 0.3) is 5.91 Å². The molecule has 0 fully saturated rings. The lowest BCUT2D eigenvalue weighted by molar-refractivity contribution is -0.123. The Morgan fingerprint density at radius 2 is 1.50 bits per heavy atom. The third-order valence-corrected chi connectivity index (χ3v) is 5.26. The van der Waals surface area contributed by atoms with Crippen molar-refractivity contribution in [2.75, 3.05) is 13.1 Å². The molecule has 0 saturated carbocycles. The molecule has 3 rings (SSSR count). The number of nitrogens with one attached hydrogen (secondary N) is 3. The van der Waals surface area contributed by atoms with Crippen LogP contribution >= 0.6 is 11.6 Å². The highest BCUT2D eigenvalue weighted by Crippen LogP contribution is 2.10. The van der Waals surface area contributed by atoms with Crippen LogP contribution in [0.1, 0.15) is 21.5 Å². The first kappa shape index (κ1) is 24.9. The minimum absolute atomic E-state index is 0.0412. The minimum atomic E-state index is -0.812. The highest BCUT2D eigenvalue weighted by molar-refractivity contribution is 6.30. The van der Waals surface area contributed by atoms with E-state index in [9.17, 15) is 18.8 Å². The van der Waals surface area contributed by atoms with Crippen LogP contribution in [0.4, 0.5) is 4.39 Å². The van der Waals surface area contributed by atoms with Gasteiger partial charge in [0.1, 0.15) is 11.9 Å². The van der Waals surface area contributed by atoms with E-state index in [0.717, 1.165) is 5.56 Å². The van der Waals surface area contributed by atoms with Crippen LogP contribution in [0.15, 0.2) is 78.9 Å². The predicted octanol–water partition coefficient (Wildman–Crippen LogP) is 3.30. The molecule has 0 aliphatic rings. The van der Waals surface area contributed by atoms with Crippen LogP contribution in [0.25, 0.3) is 0 Å². The molecule has 0 aliphatic heterocycles. The molecule has 0 radical (unpaired) electrons. The van der Waals surface area contributed by atoms with Gasteiger partial charge in [-0.3, -0.25) is 14.4 Å². The minimum Gasteiger partial charge on any atom is -0.354 e. The van der Waals surface area contributed by atoms with Gasteiger partial charge in [0.05, 0.1) is 6.42 Å². The molecule has 6 nitrogen and oxygen atoms in total. The largest absolute Gasteiger partial charge is 0.354 e. The van der Waals surface area contributed by atoms with E-state index in [-0.39, 0.29) is 31.3 Å². The Morgan fingerprint density at radius 3 is 2.21 bits per heavy atom. The Labute approximate surface area is 202 Å². The molecule has 1 atom stereocenters. The number of carbonyl (C=O) groups excluding carboxylic acids is 3. The summed E-state index contributed by atoms with van der Waals surface area (Å²) in [6.45, 7) is 0.374. The Kier molecular flexibility index (Phi) is 9.17. The second-order valence-corrected chi connectivity index (χ2v) is 8.11. The van der Waals surface area contributed by atoms with Gasteiger partial charge in [0.2, 0.25) is 11.8 Å². The van der Waals surface area contributed by atoms with Crippen LogP contribution in [0.2, 0.25) is 5.02 Å². The van der Waals surface area contributed by atoms with Crippen molar-refractivity contribution in [1.82, 2.24) is 16.0 Å². The van der Waals surface area contributed by atoms with Gasteiger partial charge in [-0.25, -0.2) is 4.39 Å². The topological polar surface area (TPSA) is 87.3 Å². The van der Waals surface area contributed by atoms with E-state index in [1.807, 2.05) is 30.3 Å². The van der Waals surface area contributed by atoms with Gasteiger partial charge >= 0.3 is 0 Å². The molecule has 0 saturated heterocycles. The van der Waals surface area contributed by atoms with Crippen LogP contribution in [-0.4, -0.2) is 36.9 Å². The fourth-order valence-electron chi connectivity index (χ4n) is 3.31. The molecule has 3 N–H and O–H groups in total. The third-order valence-electron chi connectivity index (χ3n) is 5.01. The predicted molar refractivity (Wildman–Crippen MR) is 129 cm³/mol. The van der Waals surface area contributed by atoms with E-state index in [4.69, 9.17) is 11.6 Å². The number of carbonyl (C=O) groups is 3. The van der Waals surface area contributed by atoms with Gasteiger partial charge in [-0.15, -0.1) is 0 Å². The second-order valence-electron chi connectivity index (χ2n) is 7.67. The summed E-state index contributed by atoms with van der Waals surface area (Å²) >= 11 is 5.88. The number of hydrogen-bond donors (Lipinski definition) is 3. The maximum atomic E-state index is 13.2. The number of rotatable bonds is 10. The lowest BCUT2D eigenvalue weighted by Crippen LogP contribution is -2.49. The van der Waals surface area contributed by atoms with Gasteiger partial charge in [0.15, 0.2) is 0 Å². The normalized spacial score (nSPS) is 11.4. The van der Waals surface area contributed by atoms with Gasteiger partial charge < -0.3 is 16.0 Å². The summed E-state index contributed by atoms with van der Waals surface area (Å²) in [4.78, 5) is 37.6. The van der Waals surface area contributed by atoms with Crippen LogP contribution in [0.5, 0.6) is 0 Å². The van der Waals surface area contributed by atoms with Crippen molar-refractivity contribution in [1.29, 1.82) is 0 Å². The zero-order chi connectivity index (χ0) is 24.3. The van der Waals surface area contributed by atoms with E-state index in [1.54, 1.807) is 36.4 Å². The van der Waals surface area contributed by atoms with Crippen LogP contribution in [-0.2, 0) is 22.4 Å². The van der Waals surface area contributed by atoms with E-state index in [2.05, 4.69) is 16.0 Å². The van der Waals surface area contributed by atoms with E-state index in [1.165, 1.54) is 12.1 Å². The summed E-state index contributed by atoms with van der Waals surface area (Å²) < 4.78 is 13.2. The van der Waals surface area contributed by atoms with Crippen molar-refractivity contribution < 1.29 is 18.8 Å². The molecule has 3 aromatic carbocycles. The first-order valence-corrected chi connectivity index (χ1v) is 11.2. The van der Waals surface area contributed by atoms with Crippen molar-refractivity contribution in [2.45, 2.75) is 18.9 Å². The van der Waals surface area contributed by atoms with E-state index >= 15 is 0 Å². The molecule has 3 amide bonds. The molecule has 0 heterocycles. The molecule has 0 spiro atoms. The average Bonchev–Trinajstić information content (AvgIpc) is 2.82. The molecule has 176 valence electrons. The summed E-state index contributed by atoms with van der Waals surface area (Å²) in [6.07, 6.45) is 0.345. The Morgan fingerprint density at radius 1 is 0.824 bits per heavy atom. The second kappa shape index (κ2) is 12.5. The molecular formula is C26H25ClFN3O3. The molecule has 0 aromatic heterocycles. The van der Waals surface area contributed by atoms with E-state index < -0.39 is 17.8 Å². The van der Waals surface area contributed by atoms with E-state index in [0.29, 0.717) is 22.6 Å². The van der Waals surface area contributed by atoms with Crippen LogP contribution in [0.3, 0.4) is 0 Å². The smallest absolute Gasteiger partial charge is 0.251 e. The Hall–Kier alpha value is -3.71. The molecule has 1 unspecified atom stereocenters. The lowest BCUT2D eigenvalue weighted by atomic mass is 10.0. The summed E-state index contributed by atoms with van der Waals surface area (Å²) in [7, 11) is 0. The van der Waals surface area contributed by atoms with Crippen molar-refractivity contribution in [3.8, 4) is 0 Å². The monoisotopic (exact) mass is 481 g/mol. The first-order chi connectivity index (χ1) is 16.4. The van der Waals surface area contributed by atoms with Gasteiger partial charge in [-0.2, -0.15) is 0 Å². The number of hydrogen-bond acceptors (Lipinski definition) is 3. The van der Waals surface area contributed by atoms with Gasteiger partial charge in [-0.1, -0.05) is 54.1 Å². The van der Waals surface area contributed by atoms with Crippen molar-refractivity contribution in [3.05, 3.63) is 106 Å². The van der Waals surface area contributed by atoms with Crippen molar-refractivity contribution in [2.24, 2.45) is 0 Å². The molecule has 0 aliphatic carbocycles. The third kappa shape index (κ3) is 8.01. The first-order valence-electron chi connectivity index (χ1n) is 10.8. The molecular weight excluding hydrogens is 457 g/mol. The highest BCUT2D eigenvalue weighted by Gasteiger charge is 2.21. The Bertz CT molecular complexity index is 1120. The van der Waals surface area contributed by atoms with Crippen LogP contribution < -0.4 is 16.0 Å². The fourth-order valence-corrected chi connectivity index (χ4v) is 3.43. The summed E-state index contributed by atoms with van der Waals surface area (Å²) in [6, 6.07) is 20.8. The molecule has 0 bridgehead atoms. The van der Waals surface area contributed by atoms with Gasteiger partial charge in [-0.05, 0) is 47.5 Å². The quantitative estimate of drug-likeness (QED) is 0.388. The Balaban J connectivity index is 1.53. The maximum Gasteiger partial charge on any atom is 0.251 e. The van der Waals surface area contributed by atoms with Crippen molar-refractivity contribution >= 4 is 29.3 Å². The molecule has 3 aromatic rings. The zero-order valence-corrected chi connectivity index (χ0v) is 19.1. The van der Waals surface area contributed by atoms with Crippen LogP contribution in [0, 0.1) is 5.82 Å². The summed E-state index contributed by atoms with van der Waals surface area (Å²) in [5.74, 6) is -1.44. The summed E-state index contributed by atoms with van der Waals surface area (Å²) in [5.41, 5.74) is 1.84. The zero-order valence-electron chi connectivity index (χ0n) is 18.4.